The van der Waals surface area contributed by atoms with E-state index < -0.39 is 12.1 Å². The van der Waals surface area contributed by atoms with Crippen molar-refractivity contribution in [3.8, 4) is 11.5 Å². The lowest BCUT2D eigenvalue weighted by Crippen LogP contribution is -2.40. The van der Waals surface area contributed by atoms with Crippen LogP contribution in [0.25, 0.3) is 5.52 Å². The van der Waals surface area contributed by atoms with Crippen molar-refractivity contribution in [2.75, 3.05) is 18.5 Å². The Balaban J connectivity index is 1.52. The van der Waals surface area contributed by atoms with Crippen LogP contribution in [0.3, 0.4) is 0 Å². The van der Waals surface area contributed by atoms with Gasteiger partial charge in [0.05, 0.1) is 18.3 Å². The van der Waals surface area contributed by atoms with Gasteiger partial charge < -0.3 is 19.5 Å². The third kappa shape index (κ3) is 3.29. The average molecular weight is 367 g/mol. The number of hydrogen-bond donors (Lipinski definition) is 1. The highest BCUT2D eigenvalue weighted by atomic mass is 16.6. The molecule has 1 unspecified atom stereocenters. The molecule has 1 aliphatic heterocycles. The predicted molar refractivity (Wildman–Crippen MR) is 96.1 cm³/mol. The Morgan fingerprint density at radius 3 is 2.93 bits per heavy atom. The number of benzene rings is 1. The Morgan fingerprint density at radius 2 is 2.11 bits per heavy atom. The van der Waals surface area contributed by atoms with E-state index in [1.54, 1.807) is 41.9 Å². The minimum Gasteiger partial charge on any atom is -0.485 e. The molecule has 2 aromatic heterocycles. The number of nitrogens with zero attached hydrogens (tertiary/aromatic N) is 2. The summed E-state index contributed by atoms with van der Waals surface area (Å²) in [5.41, 5.74) is 1.39. The molecule has 8 nitrogen and oxygen atoms in total. The van der Waals surface area contributed by atoms with Crippen molar-refractivity contribution in [2.45, 2.75) is 13.0 Å². The van der Waals surface area contributed by atoms with Gasteiger partial charge in [-0.3, -0.25) is 4.79 Å². The fourth-order valence-corrected chi connectivity index (χ4v) is 2.80. The highest BCUT2D eigenvalue weighted by Crippen LogP contribution is 2.31. The van der Waals surface area contributed by atoms with Crippen LogP contribution in [0.2, 0.25) is 0 Å². The maximum absolute atomic E-state index is 12.5. The monoisotopic (exact) mass is 367 g/mol. The maximum Gasteiger partial charge on any atom is 0.341 e. The molecule has 1 aromatic carbocycles. The molecule has 0 spiro atoms. The summed E-state index contributed by atoms with van der Waals surface area (Å²) in [6.45, 7) is 2.12. The standard InChI is InChI=1S/C19H17N3O5/c1-2-25-19(24)13-10-20-22-8-7-12(9-14(13)22)21-18(23)17-11-26-15-5-3-4-6-16(15)27-17/h3-10,17H,2,11H2,1H3,(H,21,23). The van der Waals surface area contributed by atoms with E-state index in [4.69, 9.17) is 14.2 Å². The molecule has 0 aliphatic carbocycles. The fourth-order valence-electron chi connectivity index (χ4n) is 2.80. The molecular weight excluding hydrogens is 350 g/mol. The van der Waals surface area contributed by atoms with E-state index in [1.165, 1.54) is 6.20 Å². The summed E-state index contributed by atoms with van der Waals surface area (Å²) >= 11 is 0. The molecular formula is C19H17N3O5. The lowest BCUT2D eigenvalue weighted by atomic mass is 10.2. The Labute approximate surface area is 154 Å². The van der Waals surface area contributed by atoms with Crippen molar-refractivity contribution in [1.82, 2.24) is 9.61 Å². The summed E-state index contributed by atoms with van der Waals surface area (Å²) in [5.74, 6) is 0.337. The van der Waals surface area contributed by atoms with Crippen LogP contribution in [-0.2, 0) is 9.53 Å². The van der Waals surface area contributed by atoms with Crippen molar-refractivity contribution < 1.29 is 23.8 Å². The number of fused-ring (bicyclic) bond motifs is 2. The van der Waals surface area contributed by atoms with E-state index in [9.17, 15) is 9.59 Å². The van der Waals surface area contributed by atoms with E-state index in [0.29, 0.717) is 28.3 Å². The summed E-state index contributed by atoms with van der Waals surface area (Å²) in [6, 6.07) is 10.5. The van der Waals surface area contributed by atoms with Crippen molar-refractivity contribution >= 4 is 23.1 Å². The normalized spacial score (nSPS) is 15.4. The molecule has 8 heteroatoms. The number of aromatic nitrogens is 2. The van der Waals surface area contributed by atoms with Gasteiger partial charge in [-0.15, -0.1) is 0 Å². The molecule has 27 heavy (non-hydrogen) atoms. The quantitative estimate of drug-likeness (QED) is 0.712. The number of pyridine rings is 1. The average Bonchev–Trinajstić information content (AvgIpc) is 3.11. The largest absolute Gasteiger partial charge is 0.485 e. The first-order chi connectivity index (χ1) is 13.2. The van der Waals surface area contributed by atoms with Crippen molar-refractivity contribution in [3.63, 3.8) is 0 Å². The first-order valence-corrected chi connectivity index (χ1v) is 8.49. The first kappa shape index (κ1) is 16.9. The molecule has 1 amide bonds. The number of rotatable bonds is 4. The SMILES string of the molecule is CCOC(=O)c1cnn2ccc(NC(=O)C3COc4ccccc4O3)cc12. The van der Waals surface area contributed by atoms with Crippen LogP contribution in [0.1, 0.15) is 17.3 Å². The smallest absolute Gasteiger partial charge is 0.341 e. The van der Waals surface area contributed by atoms with Crippen LogP contribution in [0.15, 0.2) is 48.8 Å². The number of esters is 1. The second-order valence-corrected chi connectivity index (χ2v) is 5.88. The van der Waals surface area contributed by atoms with Crippen molar-refractivity contribution in [2.24, 2.45) is 0 Å². The molecule has 1 N–H and O–H groups in total. The lowest BCUT2D eigenvalue weighted by Gasteiger charge is -2.25. The summed E-state index contributed by atoms with van der Waals surface area (Å²) in [5, 5.41) is 6.90. The molecule has 3 heterocycles. The molecule has 0 bridgehead atoms. The minimum absolute atomic E-state index is 0.117. The second-order valence-electron chi connectivity index (χ2n) is 5.88. The predicted octanol–water partition coefficient (Wildman–Crippen LogP) is 2.29. The maximum atomic E-state index is 12.5. The second kappa shape index (κ2) is 6.99. The summed E-state index contributed by atoms with van der Waals surface area (Å²) in [4.78, 5) is 24.6. The number of nitrogens with one attached hydrogen (secondary N) is 1. The van der Waals surface area contributed by atoms with Crippen molar-refractivity contribution in [1.29, 1.82) is 0 Å². The third-order valence-corrected chi connectivity index (χ3v) is 4.09. The molecule has 1 aliphatic rings. The number of anilines is 1. The van der Waals surface area contributed by atoms with E-state index in [0.717, 1.165) is 0 Å². The Hall–Kier alpha value is -3.55. The van der Waals surface area contributed by atoms with Crippen LogP contribution in [-0.4, -0.2) is 40.8 Å². The van der Waals surface area contributed by atoms with E-state index in [2.05, 4.69) is 10.4 Å². The topological polar surface area (TPSA) is 91.2 Å². The van der Waals surface area contributed by atoms with E-state index in [1.807, 2.05) is 12.1 Å². The van der Waals surface area contributed by atoms with Gasteiger partial charge in [0.15, 0.2) is 11.5 Å². The Kier molecular flexibility index (Phi) is 4.37. The van der Waals surface area contributed by atoms with Crippen LogP contribution >= 0.6 is 0 Å². The number of carbonyl (C=O) groups is 2. The van der Waals surface area contributed by atoms with Gasteiger partial charge in [-0.2, -0.15) is 5.10 Å². The first-order valence-electron chi connectivity index (χ1n) is 8.49. The Bertz CT molecular complexity index is 1010. The molecule has 0 saturated heterocycles. The van der Waals surface area contributed by atoms with Gasteiger partial charge in [-0.05, 0) is 31.2 Å². The van der Waals surface area contributed by atoms with Gasteiger partial charge >= 0.3 is 5.97 Å². The van der Waals surface area contributed by atoms with Gasteiger partial charge in [0.25, 0.3) is 5.91 Å². The molecule has 0 saturated carbocycles. The third-order valence-electron chi connectivity index (χ3n) is 4.09. The number of amides is 1. The van der Waals surface area contributed by atoms with Gasteiger partial charge in [-0.1, -0.05) is 12.1 Å². The zero-order valence-electron chi connectivity index (χ0n) is 14.5. The zero-order chi connectivity index (χ0) is 18.8. The highest BCUT2D eigenvalue weighted by molar-refractivity contribution is 5.99. The van der Waals surface area contributed by atoms with Crippen LogP contribution < -0.4 is 14.8 Å². The number of para-hydroxylation sites is 2. The highest BCUT2D eigenvalue weighted by Gasteiger charge is 2.27. The van der Waals surface area contributed by atoms with Gasteiger partial charge in [0.1, 0.15) is 12.2 Å². The molecule has 138 valence electrons. The number of carbonyl (C=O) groups excluding carboxylic acids is 2. The van der Waals surface area contributed by atoms with Crippen LogP contribution in [0.5, 0.6) is 11.5 Å². The molecule has 4 rings (SSSR count). The van der Waals surface area contributed by atoms with Crippen molar-refractivity contribution in [3.05, 3.63) is 54.4 Å². The van der Waals surface area contributed by atoms with E-state index >= 15 is 0 Å². The van der Waals surface area contributed by atoms with Crippen LogP contribution in [0, 0.1) is 0 Å². The lowest BCUT2D eigenvalue weighted by molar-refractivity contribution is -0.125. The molecule has 1 atom stereocenters. The fraction of sp³-hybridized carbons (Fsp3) is 0.211. The number of ether oxygens (including phenoxy) is 3. The van der Waals surface area contributed by atoms with Gasteiger partial charge in [0.2, 0.25) is 6.10 Å². The molecule has 0 fully saturated rings. The minimum atomic E-state index is -0.773. The summed E-state index contributed by atoms with van der Waals surface area (Å²) < 4.78 is 17.8. The number of hydrogen-bond acceptors (Lipinski definition) is 6. The summed E-state index contributed by atoms with van der Waals surface area (Å²) in [6.07, 6.45) is 2.32. The Morgan fingerprint density at radius 1 is 1.30 bits per heavy atom. The summed E-state index contributed by atoms with van der Waals surface area (Å²) in [7, 11) is 0. The van der Waals surface area contributed by atoms with Gasteiger partial charge in [-0.25, -0.2) is 9.31 Å². The molecule has 0 radical (unpaired) electrons. The molecule has 3 aromatic rings. The zero-order valence-corrected chi connectivity index (χ0v) is 14.5. The van der Waals surface area contributed by atoms with Crippen LogP contribution in [0.4, 0.5) is 5.69 Å². The van der Waals surface area contributed by atoms with E-state index in [-0.39, 0.29) is 19.1 Å². The van der Waals surface area contributed by atoms with Gasteiger partial charge in [0, 0.05) is 11.9 Å².